The Morgan fingerprint density at radius 3 is 2.14 bits per heavy atom. The standard InChI is InChI=1S/C14H10O7/c15-13(10-6-2-1-3-7-10)19-20-14(16)11-8-4-5-9-12(11)18-21-17/h1-9,17H. The van der Waals surface area contributed by atoms with Crippen molar-refractivity contribution in [2.75, 3.05) is 0 Å². The van der Waals surface area contributed by atoms with E-state index in [1.54, 1.807) is 24.3 Å². The Kier molecular flexibility index (Phi) is 4.86. The van der Waals surface area contributed by atoms with Crippen LogP contribution in [-0.4, -0.2) is 17.2 Å². The fourth-order valence-electron chi connectivity index (χ4n) is 1.49. The van der Waals surface area contributed by atoms with Crippen LogP contribution >= 0.6 is 0 Å². The first-order chi connectivity index (χ1) is 10.2. The van der Waals surface area contributed by atoms with E-state index in [9.17, 15) is 9.59 Å². The molecule has 0 saturated carbocycles. The van der Waals surface area contributed by atoms with Gasteiger partial charge in [0.1, 0.15) is 5.56 Å². The van der Waals surface area contributed by atoms with Crippen molar-refractivity contribution in [3.05, 3.63) is 65.7 Å². The minimum Gasteiger partial charge on any atom is -0.308 e. The van der Waals surface area contributed by atoms with E-state index in [2.05, 4.69) is 19.7 Å². The van der Waals surface area contributed by atoms with Crippen molar-refractivity contribution in [2.24, 2.45) is 0 Å². The van der Waals surface area contributed by atoms with Crippen molar-refractivity contribution in [3.8, 4) is 5.75 Å². The van der Waals surface area contributed by atoms with E-state index >= 15 is 0 Å². The molecule has 0 fully saturated rings. The molecule has 1 N–H and O–H groups in total. The Balaban J connectivity index is 2.01. The molecule has 0 aromatic heterocycles. The smallest absolute Gasteiger partial charge is 0.308 e. The molecule has 0 heterocycles. The zero-order valence-corrected chi connectivity index (χ0v) is 10.6. The monoisotopic (exact) mass is 290 g/mol. The first-order valence-electron chi connectivity index (χ1n) is 5.77. The largest absolute Gasteiger partial charge is 0.390 e. The van der Waals surface area contributed by atoms with Crippen LogP contribution in [0.5, 0.6) is 5.75 Å². The molecule has 0 aliphatic carbocycles. The summed E-state index contributed by atoms with van der Waals surface area (Å²) in [6.45, 7) is 0. The van der Waals surface area contributed by atoms with E-state index in [-0.39, 0.29) is 16.9 Å². The lowest BCUT2D eigenvalue weighted by atomic mass is 10.2. The number of para-hydroxylation sites is 1. The van der Waals surface area contributed by atoms with Crippen molar-refractivity contribution in [1.29, 1.82) is 0 Å². The molecule has 0 aliphatic rings. The lowest BCUT2D eigenvalue weighted by Crippen LogP contribution is -2.12. The lowest BCUT2D eigenvalue weighted by molar-refractivity contribution is -0.439. The molecule has 7 nitrogen and oxygen atoms in total. The van der Waals surface area contributed by atoms with Gasteiger partial charge >= 0.3 is 11.9 Å². The van der Waals surface area contributed by atoms with E-state index < -0.39 is 11.9 Å². The lowest BCUT2D eigenvalue weighted by Gasteiger charge is -2.06. The molecule has 7 heteroatoms. The van der Waals surface area contributed by atoms with Crippen LogP contribution in [0.3, 0.4) is 0 Å². The summed E-state index contributed by atoms with van der Waals surface area (Å²) >= 11 is 0. The Morgan fingerprint density at radius 2 is 1.43 bits per heavy atom. The van der Waals surface area contributed by atoms with E-state index in [0.717, 1.165) is 0 Å². The summed E-state index contributed by atoms with van der Waals surface area (Å²) in [5, 5.41) is 11.7. The predicted molar refractivity (Wildman–Crippen MR) is 68.1 cm³/mol. The molecule has 0 atom stereocenters. The first-order valence-corrected chi connectivity index (χ1v) is 5.77. The van der Waals surface area contributed by atoms with E-state index in [0.29, 0.717) is 0 Å². The summed E-state index contributed by atoms with van der Waals surface area (Å²) in [6.07, 6.45) is 0. The maximum atomic E-state index is 11.8. The van der Waals surface area contributed by atoms with Gasteiger partial charge in [0.15, 0.2) is 5.75 Å². The molecule has 0 amide bonds. The highest BCUT2D eigenvalue weighted by atomic mass is 17.5. The van der Waals surface area contributed by atoms with Crippen molar-refractivity contribution in [2.45, 2.75) is 0 Å². The van der Waals surface area contributed by atoms with Gasteiger partial charge in [-0.3, -0.25) is 0 Å². The molecule has 0 radical (unpaired) electrons. The number of hydrogen-bond acceptors (Lipinski definition) is 7. The molecule has 0 saturated heterocycles. The summed E-state index contributed by atoms with van der Waals surface area (Å²) in [6, 6.07) is 13.8. The quantitative estimate of drug-likeness (QED) is 0.682. The maximum Gasteiger partial charge on any atom is 0.390 e. The van der Waals surface area contributed by atoms with Crippen molar-refractivity contribution >= 4 is 11.9 Å². The van der Waals surface area contributed by atoms with Crippen LogP contribution in [0.25, 0.3) is 0 Å². The number of hydrogen-bond donors (Lipinski definition) is 1. The second-order valence-corrected chi connectivity index (χ2v) is 3.76. The number of carbonyl (C=O) groups excluding carboxylic acids is 2. The van der Waals surface area contributed by atoms with Crippen molar-refractivity contribution < 1.29 is 34.5 Å². The van der Waals surface area contributed by atoms with Crippen LogP contribution in [0.1, 0.15) is 20.7 Å². The minimum absolute atomic E-state index is 0.0904. The van der Waals surface area contributed by atoms with Crippen LogP contribution < -0.4 is 4.89 Å². The van der Waals surface area contributed by atoms with Gasteiger partial charge in [0.05, 0.1) is 5.56 Å². The van der Waals surface area contributed by atoms with Gasteiger partial charge < -0.3 is 4.89 Å². The fourth-order valence-corrected chi connectivity index (χ4v) is 1.49. The van der Waals surface area contributed by atoms with E-state index in [4.69, 9.17) is 5.26 Å². The molecular weight excluding hydrogens is 280 g/mol. The van der Waals surface area contributed by atoms with Gasteiger partial charge in [0, 0.05) is 0 Å². The molecule has 2 rings (SSSR count). The Morgan fingerprint density at radius 1 is 0.810 bits per heavy atom. The van der Waals surface area contributed by atoms with Gasteiger partial charge in [-0.25, -0.2) is 24.6 Å². The minimum atomic E-state index is -0.980. The molecular formula is C14H10O7. The van der Waals surface area contributed by atoms with Gasteiger partial charge in [0.25, 0.3) is 0 Å². The van der Waals surface area contributed by atoms with Crippen LogP contribution in [0.15, 0.2) is 54.6 Å². The van der Waals surface area contributed by atoms with Gasteiger partial charge in [-0.15, -0.1) is 0 Å². The highest BCUT2D eigenvalue weighted by molar-refractivity contribution is 5.94. The highest BCUT2D eigenvalue weighted by Gasteiger charge is 2.18. The SMILES string of the molecule is O=C(OOC(=O)c1ccccc1OOO)c1ccccc1. The Hall–Kier alpha value is -2.90. The zero-order valence-electron chi connectivity index (χ0n) is 10.6. The molecule has 108 valence electrons. The molecule has 0 aliphatic heterocycles. The average Bonchev–Trinajstić information content (AvgIpc) is 2.54. The Labute approximate surface area is 119 Å². The highest BCUT2D eigenvalue weighted by Crippen LogP contribution is 2.19. The van der Waals surface area contributed by atoms with E-state index in [1.807, 2.05) is 0 Å². The number of rotatable bonds is 4. The zero-order chi connectivity index (χ0) is 15.1. The van der Waals surface area contributed by atoms with Gasteiger partial charge in [0.2, 0.25) is 0 Å². The van der Waals surface area contributed by atoms with Gasteiger partial charge in [-0.2, -0.15) is 0 Å². The second kappa shape index (κ2) is 7.04. The third kappa shape index (κ3) is 3.78. The third-order valence-corrected chi connectivity index (χ3v) is 2.44. The second-order valence-electron chi connectivity index (χ2n) is 3.76. The normalized spacial score (nSPS) is 9.76. The molecule has 0 spiro atoms. The van der Waals surface area contributed by atoms with Crippen molar-refractivity contribution in [3.63, 3.8) is 0 Å². The Bertz CT molecular complexity index is 624. The van der Waals surface area contributed by atoms with Crippen LogP contribution in [-0.2, 0) is 14.8 Å². The molecule has 2 aromatic rings. The maximum absolute atomic E-state index is 11.8. The molecule has 0 unspecified atom stereocenters. The van der Waals surface area contributed by atoms with E-state index in [1.165, 1.54) is 30.3 Å². The molecule has 0 bridgehead atoms. The van der Waals surface area contributed by atoms with Crippen LogP contribution in [0.4, 0.5) is 0 Å². The topological polar surface area (TPSA) is 91.3 Å². The van der Waals surface area contributed by atoms with Gasteiger partial charge in [-0.05, 0) is 29.3 Å². The van der Waals surface area contributed by atoms with Crippen molar-refractivity contribution in [1.82, 2.24) is 0 Å². The summed E-state index contributed by atoms with van der Waals surface area (Å²) in [5.74, 6) is -1.89. The summed E-state index contributed by atoms with van der Waals surface area (Å²) in [7, 11) is 0. The predicted octanol–water partition coefficient (Wildman–Crippen LogP) is 2.40. The van der Waals surface area contributed by atoms with Gasteiger partial charge in [-0.1, -0.05) is 30.3 Å². The molecule has 21 heavy (non-hydrogen) atoms. The first kappa shape index (κ1) is 14.5. The third-order valence-electron chi connectivity index (χ3n) is 2.44. The number of benzene rings is 2. The number of carbonyl (C=O) groups is 2. The summed E-state index contributed by atoms with van der Waals surface area (Å²) in [5.41, 5.74) is 0.140. The summed E-state index contributed by atoms with van der Waals surface area (Å²) in [4.78, 5) is 36.6. The fraction of sp³-hybridized carbons (Fsp3) is 0. The van der Waals surface area contributed by atoms with Crippen LogP contribution in [0, 0.1) is 0 Å². The average molecular weight is 290 g/mol. The molecule has 2 aromatic carbocycles. The summed E-state index contributed by atoms with van der Waals surface area (Å²) < 4.78 is 0. The van der Waals surface area contributed by atoms with Crippen LogP contribution in [0.2, 0.25) is 0 Å².